The zero-order valence-corrected chi connectivity index (χ0v) is 12.8. The summed E-state index contributed by atoms with van der Waals surface area (Å²) in [6.45, 7) is 4.99. The second-order valence-corrected chi connectivity index (χ2v) is 5.40. The Labute approximate surface area is 126 Å². The van der Waals surface area contributed by atoms with Gasteiger partial charge in [-0.1, -0.05) is 23.4 Å². The molecule has 0 aromatic carbocycles. The van der Waals surface area contributed by atoms with Crippen molar-refractivity contribution in [2.45, 2.75) is 26.7 Å². The molecule has 0 aliphatic heterocycles. The molecule has 114 valence electrons. The van der Waals surface area contributed by atoms with Gasteiger partial charge in [-0.2, -0.15) is 4.98 Å². The molecule has 0 atom stereocenters. The van der Waals surface area contributed by atoms with Crippen molar-refractivity contribution in [1.82, 2.24) is 20.4 Å². The third-order valence-corrected chi connectivity index (χ3v) is 3.61. The molecule has 21 heavy (non-hydrogen) atoms. The lowest BCUT2D eigenvalue weighted by Gasteiger charge is -2.01. The molecular weight excluding hydrogens is 292 g/mol. The minimum Gasteiger partial charge on any atom is -0.382 e. The number of nitrogens with one attached hydrogen (secondary N) is 2. The summed E-state index contributed by atoms with van der Waals surface area (Å²) in [5.74, 6) is 1.07. The molecule has 1 amide bonds. The third kappa shape index (κ3) is 4.15. The number of thiazole rings is 1. The van der Waals surface area contributed by atoms with E-state index in [1.165, 1.54) is 11.3 Å². The number of nitrogen functional groups attached to an aromatic ring is 1. The lowest BCUT2D eigenvalue weighted by molar-refractivity contribution is 0.0958. The molecule has 0 fully saturated rings. The van der Waals surface area contributed by atoms with Gasteiger partial charge in [0.15, 0.2) is 11.0 Å². The maximum Gasteiger partial charge on any atom is 0.265 e. The summed E-state index contributed by atoms with van der Waals surface area (Å²) in [6, 6.07) is 0. The maximum absolute atomic E-state index is 12.0. The number of carbonyl (C=O) groups excluding carboxylic acids is 1. The van der Waals surface area contributed by atoms with Gasteiger partial charge in [0.25, 0.3) is 5.91 Å². The van der Waals surface area contributed by atoms with E-state index in [1.54, 1.807) is 6.92 Å². The number of nitrogens with zero attached hydrogens (tertiary/aromatic N) is 3. The Bertz CT molecular complexity index is 609. The van der Waals surface area contributed by atoms with Crippen LogP contribution in [0.5, 0.6) is 0 Å². The Balaban J connectivity index is 1.86. The summed E-state index contributed by atoms with van der Waals surface area (Å²) in [4.78, 5) is 20.6. The van der Waals surface area contributed by atoms with Crippen LogP contribution in [-0.2, 0) is 6.42 Å². The molecule has 0 radical (unpaired) electrons. The quantitative estimate of drug-likeness (QED) is 0.703. The number of nitrogens with two attached hydrogens (primary N) is 1. The van der Waals surface area contributed by atoms with E-state index >= 15 is 0 Å². The Kier molecular flexibility index (Phi) is 5.09. The first-order valence-electron chi connectivity index (χ1n) is 6.67. The molecular formula is C12H18N6O2S. The van der Waals surface area contributed by atoms with Crippen molar-refractivity contribution < 1.29 is 9.32 Å². The van der Waals surface area contributed by atoms with Crippen LogP contribution in [0.1, 0.15) is 34.7 Å². The number of hydrogen-bond donors (Lipinski definition) is 3. The summed E-state index contributed by atoms with van der Waals surface area (Å²) < 4.78 is 4.97. The van der Waals surface area contributed by atoms with Gasteiger partial charge in [0.1, 0.15) is 10.7 Å². The summed E-state index contributed by atoms with van der Waals surface area (Å²) in [5, 5.41) is 10.2. The van der Waals surface area contributed by atoms with Crippen molar-refractivity contribution in [1.29, 1.82) is 0 Å². The predicted molar refractivity (Wildman–Crippen MR) is 80.4 cm³/mol. The van der Waals surface area contributed by atoms with E-state index in [-0.39, 0.29) is 11.7 Å². The predicted octanol–water partition coefficient (Wildman–Crippen LogP) is 1.21. The molecule has 0 bridgehead atoms. The molecule has 2 aromatic rings. The van der Waals surface area contributed by atoms with Gasteiger partial charge < -0.3 is 20.9 Å². The van der Waals surface area contributed by atoms with Gasteiger partial charge in [0, 0.05) is 19.5 Å². The Morgan fingerprint density at radius 3 is 2.86 bits per heavy atom. The van der Waals surface area contributed by atoms with E-state index in [4.69, 9.17) is 10.3 Å². The van der Waals surface area contributed by atoms with Crippen molar-refractivity contribution in [2.24, 2.45) is 0 Å². The van der Waals surface area contributed by atoms with E-state index in [0.717, 1.165) is 13.0 Å². The Morgan fingerprint density at radius 1 is 1.38 bits per heavy atom. The van der Waals surface area contributed by atoms with Crippen LogP contribution in [0.15, 0.2) is 4.52 Å². The number of aryl methyl sites for hydroxylation is 1. The molecule has 0 aliphatic carbocycles. The lowest BCUT2D eigenvalue weighted by Crippen LogP contribution is -2.25. The molecule has 0 spiro atoms. The average Bonchev–Trinajstić information content (AvgIpc) is 3.02. The van der Waals surface area contributed by atoms with Gasteiger partial charge in [0.05, 0.1) is 0 Å². The molecule has 0 unspecified atom stereocenters. The van der Waals surface area contributed by atoms with Crippen molar-refractivity contribution >= 4 is 28.2 Å². The second kappa shape index (κ2) is 7.02. The van der Waals surface area contributed by atoms with Crippen LogP contribution in [-0.4, -0.2) is 34.1 Å². The fraction of sp³-hybridized carbons (Fsp3) is 0.500. The second-order valence-electron chi connectivity index (χ2n) is 4.40. The van der Waals surface area contributed by atoms with E-state index in [9.17, 15) is 4.79 Å². The average molecular weight is 310 g/mol. The van der Waals surface area contributed by atoms with E-state index in [2.05, 4.69) is 32.7 Å². The standard InChI is InChI=1S/C12H18N6O2S/c1-3-5-15-12-17-10(13)9(21-12)11(19)14-6-4-8-16-7(2)18-20-8/h3-6,13H2,1-2H3,(H,14,19)(H,15,17). The minimum absolute atomic E-state index is 0.240. The molecule has 0 saturated carbocycles. The first-order chi connectivity index (χ1) is 10.1. The molecule has 2 heterocycles. The fourth-order valence-electron chi connectivity index (χ4n) is 1.61. The number of hydrogen-bond acceptors (Lipinski definition) is 8. The maximum atomic E-state index is 12.0. The fourth-order valence-corrected chi connectivity index (χ4v) is 2.43. The van der Waals surface area contributed by atoms with Crippen LogP contribution >= 0.6 is 11.3 Å². The van der Waals surface area contributed by atoms with Crippen LogP contribution < -0.4 is 16.4 Å². The minimum atomic E-state index is -0.245. The normalized spacial score (nSPS) is 10.6. The van der Waals surface area contributed by atoms with E-state index in [0.29, 0.717) is 34.7 Å². The van der Waals surface area contributed by atoms with Crippen molar-refractivity contribution in [3.63, 3.8) is 0 Å². The zero-order chi connectivity index (χ0) is 15.2. The van der Waals surface area contributed by atoms with Gasteiger partial charge in [-0.15, -0.1) is 0 Å². The van der Waals surface area contributed by atoms with Gasteiger partial charge in [-0.25, -0.2) is 4.98 Å². The number of amides is 1. The monoisotopic (exact) mass is 310 g/mol. The molecule has 4 N–H and O–H groups in total. The van der Waals surface area contributed by atoms with Crippen LogP contribution in [0.2, 0.25) is 0 Å². The van der Waals surface area contributed by atoms with Gasteiger partial charge in [-0.05, 0) is 13.3 Å². The van der Waals surface area contributed by atoms with Gasteiger partial charge in [0.2, 0.25) is 5.89 Å². The number of carbonyl (C=O) groups is 1. The highest BCUT2D eigenvalue weighted by Crippen LogP contribution is 2.24. The van der Waals surface area contributed by atoms with Crippen molar-refractivity contribution in [3.8, 4) is 0 Å². The zero-order valence-electron chi connectivity index (χ0n) is 12.0. The third-order valence-electron chi connectivity index (χ3n) is 2.58. The van der Waals surface area contributed by atoms with Crippen LogP contribution in [0.25, 0.3) is 0 Å². The highest BCUT2D eigenvalue weighted by molar-refractivity contribution is 7.18. The van der Waals surface area contributed by atoms with Crippen molar-refractivity contribution in [3.05, 3.63) is 16.6 Å². The molecule has 0 aliphatic rings. The number of rotatable bonds is 7. The highest BCUT2D eigenvalue weighted by atomic mass is 32.1. The van der Waals surface area contributed by atoms with Crippen molar-refractivity contribution in [2.75, 3.05) is 24.1 Å². The summed E-state index contributed by atoms with van der Waals surface area (Å²) in [7, 11) is 0. The lowest BCUT2D eigenvalue weighted by atomic mass is 10.4. The number of aromatic nitrogens is 3. The SMILES string of the molecule is CCCNc1nc(N)c(C(=O)NCCc2nc(C)no2)s1. The van der Waals surface area contributed by atoms with Gasteiger partial charge in [-0.3, -0.25) is 4.79 Å². The Morgan fingerprint density at radius 2 is 2.19 bits per heavy atom. The van der Waals surface area contributed by atoms with Gasteiger partial charge >= 0.3 is 0 Å². The summed E-state index contributed by atoms with van der Waals surface area (Å²) in [5.41, 5.74) is 5.76. The first-order valence-corrected chi connectivity index (χ1v) is 7.49. The molecule has 9 heteroatoms. The topological polar surface area (TPSA) is 119 Å². The first kappa shape index (κ1) is 15.2. The molecule has 2 aromatic heterocycles. The van der Waals surface area contributed by atoms with Crippen LogP contribution in [0.4, 0.5) is 10.9 Å². The smallest absolute Gasteiger partial charge is 0.265 e. The summed E-state index contributed by atoms with van der Waals surface area (Å²) >= 11 is 1.25. The Hall–Kier alpha value is -2.16. The summed E-state index contributed by atoms with van der Waals surface area (Å²) in [6.07, 6.45) is 1.46. The largest absolute Gasteiger partial charge is 0.382 e. The highest BCUT2D eigenvalue weighted by Gasteiger charge is 2.16. The van der Waals surface area contributed by atoms with E-state index in [1.807, 2.05) is 0 Å². The molecule has 2 rings (SSSR count). The number of anilines is 2. The van der Waals surface area contributed by atoms with E-state index < -0.39 is 0 Å². The molecule has 0 saturated heterocycles. The van der Waals surface area contributed by atoms with Crippen LogP contribution in [0, 0.1) is 6.92 Å². The van der Waals surface area contributed by atoms with Crippen LogP contribution in [0.3, 0.4) is 0 Å². The molecule has 8 nitrogen and oxygen atoms in total.